The predicted octanol–water partition coefficient (Wildman–Crippen LogP) is 22.1. The summed E-state index contributed by atoms with van der Waals surface area (Å²) in [5, 5.41) is 37.4. The van der Waals surface area contributed by atoms with Gasteiger partial charge in [0.2, 0.25) is 0 Å². The molecule has 0 fully saturated rings. The van der Waals surface area contributed by atoms with Crippen LogP contribution in [0.4, 0.5) is 11.4 Å². The number of nitrogens with one attached hydrogen (secondary N) is 1. The van der Waals surface area contributed by atoms with E-state index in [9.17, 15) is 9.59 Å². The summed E-state index contributed by atoms with van der Waals surface area (Å²) in [6.45, 7) is 37.9. The van der Waals surface area contributed by atoms with Gasteiger partial charge >= 0.3 is 11.9 Å². The number of para-hydroxylation sites is 6. The number of halogens is 3. The Hall–Kier alpha value is -9.45. The topological polar surface area (TPSA) is 287 Å². The van der Waals surface area contributed by atoms with Gasteiger partial charge in [-0.1, -0.05) is 212 Å². The molecule has 2 heterocycles. The van der Waals surface area contributed by atoms with E-state index in [1.165, 1.54) is 18.2 Å². The first-order valence-corrected chi connectivity index (χ1v) is 39.6. The monoisotopic (exact) mass is 1730 g/mol. The smallest absolute Gasteiger partial charge is 0.341 e. The molecular formula is C88H124Br3N6O14+. The van der Waals surface area contributed by atoms with E-state index in [1.807, 2.05) is 104 Å². The number of nitrogens with two attached hydrogens (primary N) is 2. The molecule has 2 aromatic heterocycles. The van der Waals surface area contributed by atoms with E-state index in [0.717, 1.165) is 91.5 Å². The number of imidazole rings is 2. The fourth-order valence-electron chi connectivity index (χ4n) is 8.09. The van der Waals surface area contributed by atoms with Crippen molar-refractivity contribution in [2.75, 3.05) is 67.1 Å². The minimum absolute atomic E-state index is 0. The number of nitrogens with zero attached hydrogens (tertiary/aromatic N) is 3. The van der Waals surface area contributed by atoms with Crippen LogP contribution < -0.4 is 44.6 Å². The van der Waals surface area contributed by atoms with Crippen LogP contribution in [0.5, 0.6) is 57.5 Å². The second kappa shape index (κ2) is 59.4. The number of aliphatic carboxylic acids is 1. The van der Waals surface area contributed by atoms with Gasteiger partial charge in [0.25, 0.3) is 0 Å². The molecule has 0 aliphatic rings. The lowest BCUT2D eigenvalue weighted by Crippen LogP contribution is -2.11. The summed E-state index contributed by atoms with van der Waals surface area (Å²) in [6, 6.07) is 58.6. The van der Waals surface area contributed by atoms with Crippen LogP contribution in [-0.4, -0.2) is 108 Å². The van der Waals surface area contributed by atoms with Gasteiger partial charge < -0.3 is 79.3 Å². The summed E-state index contributed by atoms with van der Waals surface area (Å²) in [4.78, 5) is 33.0. The number of nitrogen functional groups attached to an aromatic ring is 2. The maximum absolute atomic E-state index is 10.3. The third-order valence-electron chi connectivity index (χ3n) is 13.2. The molecule has 0 aliphatic heterocycles. The zero-order chi connectivity index (χ0) is 81.1. The Morgan fingerprint density at radius 3 is 1.21 bits per heavy atom. The molecule has 9 N–H and O–H groups in total. The van der Waals surface area contributed by atoms with Gasteiger partial charge in [-0.15, -0.1) is 0 Å². The number of carbonyl (C=O) groups is 2. The van der Waals surface area contributed by atoms with Gasteiger partial charge in [-0.2, -0.15) is 0 Å². The van der Waals surface area contributed by atoms with E-state index >= 15 is 0 Å². The summed E-state index contributed by atoms with van der Waals surface area (Å²) in [5.41, 5.74) is 16.2. The Bertz CT molecular complexity index is 3990. The average molecular weight is 1730 g/mol. The third kappa shape index (κ3) is 48.7. The molecule has 10 rings (SSSR count). The van der Waals surface area contributed by atoms with E-state index in [2.05, 4.69) is 175 Å². The minimum Gasteiger partial charge on any atom is -0.508 e. The van der Waals surface area contributed by atoms with Crippen LogP contribution in [0, 0.1) is 48.3 Å². The Kier molecular flexibility index (Phi) is 54.3. The van der Waals surface area contributed by atoms with Crippen molar-refractivity contribution < 1.29 is 67.9 Å². The molecule has 0 bridgehead atoms. The number of benzene rings is 8. The van der Waals surface area contributed by atoms with Gasteiger partial charge in [0, 0.05) is 47.5 Å². The molecule has 20 nitrogen and oxygen atoms in total. The van der Waals surface area contributed by atoms with E-state index < -0.39 is 5.97 Å². The standard InChI is InChI=1S/C22H28N2O2.C18H20N2O2.C12H14O4.C10H14O2.C6H8N2.C6H6O2.C4H7BrO2.2C4H9Br.2CH4/c1-16(2)13-24-21-11-6-5-10-20(21)23-22(24)15-26-19-9-7-8-18(12-19)25-14-17(3)4;1-13(2)11-21-14-6-5-7-15(10-14)22-12-18-19-16-8-3-4-9-17(16)20-18;1-9(2)7-15-10-4-3-5-11(6-10)16-8-12(13)14;1-8(2)7-12-10-5-3-4-9(11)6-10;7-5-3-1-2-4-6(5)8;7-5-2-1-3-6(8)4-5;1-2-7-4(6)3-5;2*1-4(2)3-5;;/h5-12,16-17H,13-15H2,1-4H3;3-10,13H,11-12H2,1-2H3,(H,19,20);3-6,9H,1,7-8H2,2H3;3-6,8,11H,7H2,1-2H3;1-4H,7-8H2;1-4,7-8H;2-3H2,1H3;2*4H,3H2,1-2H3;2*1H4/p+1. The number of rotatable bonds is 27. The lowest BCUT2D eigenvalue weighted by molar-refractivity contribution is -0.140. The summed E-state index contributed by atoms with van der Waals surface area (Å²) in [6.07, 6.45) is 0. The van der Waals surface area contributed by atoms with Gasteiger partial charge in [-0.25, -0.2) is 14.8 Å². The normalized spacial score (nSPS) is 10.4. The average Bonchev–Trinajstić information content (AvgIpc) is 1.66. The second-order valence-corrected chi connectivity index (χ2v) is 29.0. The predicted molar refractivity (Wildman–Crippen MR) is 467 cm³/mol. The molecule has 0 radical (unpaired) electrons. The van der Waals surface area contributed by atoms with Crippen molar-refractivity contribution in [3.8, 4) is 57.5 Å². The maximum Gasteiger partial charge on any atom is 0.341 e. The highest BCUT2D eigenvalue weighted by Gasteiger charge is 2.14. The first-order chi connectivity index (χ1) is 51.9. The second-order valence-electron chi connectivity index (χ2n) is 27.1. The molecule has 23 heteroatoms. The number of esters is 1. The van der Waals surface area contributed by atoms with Crippen LogP contribution >= 0.6 is 47.8 Å². The first-order valence-electron chi connectivity index (χ1n) is 36.3. The summed E-state index contributed by atoms with van der Waals surface area (Å²) < 4.78 is 45.9. The van der Waals surface area contributed by atoms with E-state index in [1.54, 1.807) is 67.6 Å². The SMILES string of the molecule is C.C.CC(C)CBr.CC(C)CBr.CC(C)COc1cccc(O)c1.CC(C)COc1cccc(OCc2nc3ccccc3[nH]2)c1.CC(C)COc1cccc(OCc2nc3ccccc3n2CC(C)C)c1.CCOC(=O)CBr.Nc1ccccc1N.Oc1cccc(O)c1.[CH2+]C(C)COc1cccc(OCC(=O)O)c1. The van der Waals surface area contributed by atoms with Crippen molar-refractivity contribution in [3.63, 3.8) is 0 Å². The number of alkyl halides is 3. The Balaban J connectivity index is 0.00000129. The van der Waals surface area contributed by atoms with Crippen molar-refractivity contribution in [1.29, 1.82) is 0 Å². The molecule has 8 aromatic carbocycles. The van der Waals surface area contributed by atoms with Gasteiger partial charge in [0.1, 0.15) is 100 Å². The molecular weight excluding hydrogens is 1600 g/mol. The number of carboxylic acid groups (broad SMARTS) is 1. The Labute approximate surface area is 686 Å². The van der Waals surface area contributed by atoms with Crippen LogP contribution in [0.2, 0.25) is 0 Å². The summed E-state index contributed by atoms with van der Waals surface area (Å²) in [7, 11) is 0. The number of anilines is 2. The number of phenols is 3. The van der Waals surface area contributed by atoms with Crippen molar-refractivity contribution in [3.05, 3.63) is 213 Å². The van der Waals surface area contributed by atoms with Crippen LogP contribution in [0.1, 0.15) is 123 Å². The molecule has 1 atom stereocenters. The Morgan fingerprint density at radius 1 is 0.459 bits per heavy atom. The van der Waals surface area contributed by atoms with Crippen molar-refractivity contribution >= 4 is 93.2 Å². The van der Waals surface area contributed by atoms with Gasteiger partial charge in [0.15, 0.2) is 6.61 Å². The van der Waals surface area contributed by atoms with Crippen LogP contribution in [-0.2, 0) is 34.1 Å². The zero-order valence-corrected chi connectivity index (χ0v) is 70.5. The van der Waals surface area contributed by atoms with Gasteiger partial charge in [0.05, 0.1) is 66.8 Å². The van der Waals surface area contributed by atoms with Crippen LogP contribution in [0.15, 0.2) is 194 Å². The molecule has 0 saturated heterocycles. The number of aromatic hydroxyl groups is 3. The number of H-pyrrole nitrogens is 1. The fraction of sp³-hybridized carbons (Fsp3) is 0.398. The summed E-state index contributed by atoms with van der Waals surface area (Å²) >= 11 is 9.57. The molecule has 0 aliphatic carbocycles. The third-order valence-corrected chi connectivity index (χ3v) is 16.2. The number of fused-ring (bicyclic) bond motifs is 2. The highest BCUT2D eigenvalue weighted by Crippen LogP contribution is 2.26. The number of hydrogen-bond donors (Lipinski definition) is 7. The van der Waals surface area contributed by atoms with Crippen molar-refractivity contribution in [1.82, 2.24) is 19.5 Å². The lowest BCUT2D eigenvalue weighted by atomic mass is 10.2. The quantitative estimate of drug-likeness (QED) is 0.0109. The fourth-order valence-corrected chi connectivity index (χ4v) is 8.25. The lowest BCUT2D eigenvalue weighted by Gasteiger charge is -2.13. The van der Waals surface area contributed by atoms with Gasteiger partial charge in [-0.3, -0.25) is 4.79 Å². The number of aromatic nitrogens is 4. The minimum atomic E-state index is -1.00. The number of hydrogen-bond acceptors (Lipinski definition) is 17. The van der Waals surface area contributed by atoms with Crippen LogP contribution in [0.3, 0.4) is 0 Å². The van der Waals surface area contributed by atoms with Crippen LogP contribution in [0.25, 0.3) is 22.1 Å². The summed E-state index contributed by atoms with van der Waals surface area (Å²) in [5.74, 6) is 9.93. The number of phenolic OH excluding ortho intramolecular Hbond substituents is 3. The number of ether oxygens (including phenoxy) is 8. The molecule has 10 aromatic rings. The largest absolute Gasteiger partial charge is 0.508 e. The number of carbonyl (C=O) groups excluding carboxylic acids is 1. The number of carboxylic acids is 1. The Morgan fingerprint density at radius 2 is 0.838 bits per heavy atom. The molecule has 0 spiro atoms. The molecule has 1 unspecified atom stereocenters. The zero-order valence-electron chi connectivity index (χ0n) is 65.7. The van der Waals surface area contributed by atoms with Crippen molar-refractivity contribution in [2.24, 2.45) is 41.4 Å². The van der Waals surface area contributed by atoms with E-state index in [0.29, 0.717) is 98.1 Å². The maximum atomic E-state index is 10.3. The molecule has 610 valence electrons. The van der Waals surface area contributed by atoms with E-state index in [4.69, 9.17) is 70.0 Å². The van der Waals surface area contributed by atoms with E-state index in [-0.39, 0.29) is 50.6 Å². The molecule has 111 heavy (non-hydrogen) atoms. The first kappa shape index (κ1) is 102. The van der Waals surface area contributed by atoms with Crippen molar-refractivity contribution in [2.45, 2.75) is 132 Å². The van der Waals surface area contributed by atoms with Gasteiger partial charge in [-0.05, 0) is 146 Å². The number of aromatic amines is 1. The molecule has 0 saturated carbocycles. The molecule has 0 amide bonds. The highest BCUT2D eigenvalue weighted by atomic mass is 79.9. The highest BCUT2D eigenvalue weighted by molar-refractivity contribution is 9.09.